The molecule has 0 aliphatic heterocycles. The third-order valence-corrected chi connectivity index (χ3v) is 11.1. The summed E-state index contributed by atoms with van der Waals surface area (Å²) in [6.07, 6.45) is 0. The number of benzene rings is 8. The second-order valence-corrected chi connectivity index (χ2v) is 13.9. The van der Waals surface area contributed by atoms with Crippen LogP contribution in [0.3, 0.4) is 0 Å². The first kappa shape index (κ1) is 30.7. The molecule has 5 heteroatoms. The van der Waals surface area contributed by atoms with Crippen molar-refractivity contribution in [1.29, 1.82) is 0 Å². The summed E-state index contributed by atoms with van der Waals surface area (Å²) in [5.41, 5.74) is 12.6. The molecule has 0 bridgehead atoms. The van der Waals surface area contributed by atoms with Crippen LogP contribution in [0.1, 0.15) is 0 Å². The van der Waals surface area contributed by atoms with E-state index in [1.54, 1.807) is 0 Å². The highest BCUT2D eigenvalue weighted by molar-refractivity contribution is 6.15. The van der Waals surface area contributed by atoms with Gasteiger partial charge < -0.3 is 13.7 Å². The van der Waals surface area contributed by atoms with Crippen molar-refractivity contribution < 1.29 is 0 Å². The summed E-state index contributed by atoms with van der Waals surface area (Å²) in [5.74, 6) is 0. The standard InChI is InChI=1S/C50H29N5/c1-51-33-28-29-47-41(31-33)39-19-6-10-26-46(39)55(47)49-35(20-12-22-42(49)52-2)32-14-11-15-34(30-32)53-43-23-7-5-18-38(43)40-21-13-27-48(50(40)53)54-44-24-8-3-16-36(44)37-17-4-9-25-45(37)54/h3-31H. The van der Waals surface area contributed by atoms with Gasteiger partial charge in [-0.3, -0.25) is 0 Å². The molecule has 0 saturated carbocycles. The van der Waals surface area contributed by atoms with Gasteiger partial charge in [-0.1, -0.05) is 121 Å². The van der Waals surface area contributed by atoms with E-state index in [-0.39, 0.29) is 0 Å². The molecule has 0 spiro atoms. The first-order chi connectivity index (χ1) is 27.2. The van der Waals surface area contributed by atoms with E-state index >= 15 is 0 Å². The molecule has 0 aliphatic carbocycles. The van der Waals surface area contributed by atoms with Crippen molar-refractivity contribution in [2.24, 2.45) is 0 Å². The summed E-state index contributed by atoms with van der Waals surface area (Å²) < 4.78 is 7.01. The van der Waals surface area contributed by atoms with Crippen molar-refractivity contribution in [2.45, 2.75) is 0 Å². The summed E-state index contributed by atoms with van der Waals surface area (Å²) in [7, 11) is 0. The van der Waals surface area contributed by atoms with Gasteiger partial charge in [0.1, 0.15) is 0 Å². The second-order valence-electron chi connectivity index (χ2n) is 13.9. The molecule has 0 fully saturated rings. The van der Waals surface area contributed by atoms with Crippen molar-refractivity contribution in [3.05, 3.63) is 199 Å². The lowest BCUT2D eigenvalue weighted by molar-refractivity contribution is 1.13. The predicted molar refractivity (Wildman–Crippen MR) is 227 cm³/mol. The highest BCUT2D eigenvalue weighted by Gasteiger charge is 2.22. The largest absolute Gasteiger partial charge is 0.318 e. The predicted octanol–water partition coefficient (Wildman–Crippen LogP) is 13.7. The monoisotopic (exact) mass is 699 g/mol. The molecule has 55 heavy (non-hydrogen) atoms. The van der Waals surface area contributed by atoms with Crippen LogP contribution >= 0.6 is 0 Å². The van der Waals surface area contributed by atoms with Crippen molar-refractivity contribution >= 4 is 76.8 Å². The van der Waals surface area contributed by atoms with Gasteiger partial charge in [-0.05, 0) is 71.1 Å². The van der Waals surface area contributed by atoms with Crippen LogP contribution in [-0.2, 0) is 0 Å². The topological polar surface area (TPSA) is 23.5 Å². The number of para-hydroxylation sites is 6. The van der Waals surface area contributed by atoms with Crippen LogP contribution in [-0.4, -0.2) is 13.7 Å². The molecule has 5 nitrogen and oxygen atoms in total. The lowest BCUT2D eigenvalue weighted by Gasteiger charge is -2.18. The van der Waals surface area contributed by atoms with Crippen LogP contribution in [0.2, 0.25) is 0 Å². The zero-order valence-electron chi connectivity index (χ0n) is 29.5. The highest BCUT2D eigenvalue weighted by atomic mass is 15.1. The van der Waals surface area contributed by atoms with E-state index in [1.165, 1.54) is 21.5 Å². The number of aromatic nitrogens is 3. The Labute approximate surface area is 316 Å². The fraction of sp³-hybridized carbons (Fsp3) is 0. The Morgan fingerprint density at radius 3 is 1.60 bits per heavy atom. The molecule has 3 aromatic heterocycles. The van der Waals surface area contributed by atoms with E-state index in [0.717, 1.165) is 72.1 Å². The first-order valence-electron chi connectivity index (χ1n) is 18.3. The van der Waals surface area contributed by atoms with Gasteiger partial charge in [0, 0.05) is 32.6 Å². The Hall–Kier alpha value is -7.86. The third kappa shape index (κ3) is 4.39. The number of nitrogens with zero attached hydrogens (tertiary/aromatic N) is 5. The van der Waals surface area contributed by atoms with Crippen molar-refractivity contribution in [1.82, 2.24) is 13.7 Å². The molecule has 0 N–H and O–H groups in total. The highest BCUT2D eigenvalue weighted by Crippen LogP contribution is 2.44. The minimum Gasteiger partial charge on any atom is -0.318 e. The SMILES string of the molecule is [C-]#[N+]c1ccc2c(c1)c1ccccc1n2-c1c([N+]#[C-])cccc1-c1cccc(-n2c3ccccc3c3cccc(-n4c5ccccc5c5ccccc54)c32)c1. The molecular formula is C50H29N5. The molecule has 3 heterocycles. The average molecular weight is 700 g/mol. The average Bonchev–Trinajstić information content (AvgIpc) is 3.89. The van der Waals surface area contributed by atoms with Gasteiger partial charge in [-0.25, -0.2) is 9.69 Å². The molecule has 0 unspecified atom stereocenters. The van der Waals surface area contributed by atoms with Crippen LogP contribution in [0.15, 0.2) is 176 Å². The second kappa shape index (κ2) is 11.8. The normalized spacial score (nSPS) is 11.6. The quantitative estimate of drug-likeness (QED) is 0.163. The lowest BCUT2D eigenvalue weighted by atomic mass is 10.0. The maximum Gasteiger partial charge on any atom is 0.211 e. The van der Waals surface area contributed by atoms with Crippen molar-refractivity contribution in [3.63, 3.8) is 0 Å². The van der Waals surface area contributed by atoms with Crippen molar-refractivity contribution in [2.75, 3.05) is 0 Å². The summed E-state index contributed by atoms with van der Waals surface area (Å²) in [6.45, 7) is 16.0. The van der Waals surface area contributed by atoms with E-state index in [1.807, 2.05) is 42.5 Å². The number of fused-ring (bicyclic) bond motifs is 9. The summed E-state index contributed by atoms with van der Waals surface area (Å²) >= 11 is 0. The van der Waals surface area contributed by atoms with Gasteiger partial charge in [0.25, 0.3) is 0 Å². The van der Waals surface area contributed by atoms with Gasteiger partial charge in [0.15, 0.2) is 5.69 Å². The molecule has 0 amide bonds. The van der Waals surface area contributed by atoms with Gasteiger partial charge in [-0.15, -0.1) is 0 Å². The van der Waals surface area contributed by atoms with Gasteiger partial charge in [-0.2, -0.15) is 0 Å². The maximum atomic E-state index is 8.33. The van der Waals surface area contributed by atoms with E-state index < -0.39 is 0 Å². The molecule has 8 aromatic carbocycles. The summed E-state index contributed by atoms with van der Waals surface area (Å²) in [5, 5.41) is 6.85. The Bertz CT molecular complexity index is 3420. The Balaban J connectivity index is 1.20. The van der Waals surface area contributed by atoms with E-state index in [0.29, 0.717) is 11.4 Å². The smallest absolute Gasteiger partial charge is 0.211 e. The molecule has 11 aromatic rings. The minimum absolute atomic E-state index is 0.560. The van der Waals surface area contributed by atoms with Gasteiger partial charge >= 0.3 is 0 Å². The molecule has 0 atom stereocenters. The number of hydrogen-bond acceptors (Lipinski definition) is 0. The Morgan fingerprint density at radius 1 is 0.382 bits per heavy atom. The van der Waals surface area contributed by atoms with Crippen LogP contribution in [0, 0.1) is 13.1 Å². The molecule has 0 radical (unpaired) electrons. The zero-order valence-corrected chi connectivity index (χ0v) is 29.5. The van der Waals surface area contributed by atoms with E-state index in [9.17, 15) is 0 Å². The molecule has 11 rings (SSSR count). The Kier molecular flexibility index (Phi) is 6.61. The van der Waals surface area contributed by atoms with Gasteiger partial charge in [0.2, 0.25) is 5.69 Å². The van der Waals surface area contributed by atoms with E-state index in [4.69, 9.17) is 13.1 Å². The van der Waals surface area contributed by atoms with Crippen LogP contribution in [0.4, 0.5) is 11.4 Å². The fourth-order valence-corrected chi connectivity index (χ4v) is 8.80. The fourth-order valence-electron chi connectivity index (χ4n) is 8.80. The summed E-state index contributed by atoms with van der Waals surface area (Å²) in [6, 6.07) is 61.4. The Morgan fingerprint density at radius 2 is 0.927 bits per heavy atom. The van der Waals surface area contributed by atoms with Crippen molar-refractivity contribution in [3.8, 4) is 28.2 Å². The lowest BCUT2D eigenvalue weighted by Crippen LogP contribution is -2.01. The van der Waals surface area contributed by atoms with Crippen LogP contribution in [0.5, 0.6) is 0 Å². The maximum absolute atomic E-state index is 8.33. The zero-order chi connectivity index (χ0) is 36.6. The number of hydrogen-bond donors (Lipinski definition) is 0. The molecule has 0 aliphatic rings. The van der Waals surface area contributed by atoms with Crippen LogP contribution in [0.25, 0.3) is 103 Å². The third-order valence-electron chi connectivity index (χ3n) is 11.1. The minimum atomic E-state index is 0.560. The number of rotatable bonds is 4. The molecule has 254 valence electrons. The first-order valence-corrected chi connectivity index (χ1v) is 18.3. The van der Waals surface area contributed by atoms with Crippen LogP contribution < -0.4 is 0 Å². The van der Waals surface area contributed by atoms with E-state index in [2.05, 4.69) is 157 Å². The molecular weight excluding hydrogens is 671 g/mol. The van der Waals surface area contributed by atoms with Gasteiger partial charge in [0.05, 0.1) is 57.6 Å². The molecule has 0 saturated heterocycles. The summed E-state index contributed by atoms with van der Waals surface area (Å²) in [4.78, 5) is 7.80.